The summed E-state index contributed by atoms with van der Waals surface area (Å²) in [5.74, 6) is 0.114. The number of hydrogen-bond donors (Lipinski definition) is 2. The van der Waals surface area contributed by atoms with Crippen LogP contribution in [0.25, 0.3) is 0 Å². The number of halogens is 1. The summed E-state index contributed by atoms with van der Waals surface area (Å²) in [4.78, 5) is 31.9. The fourth-order valence-electron chi connectivity index (χ4n) is 4.26. The number of imide groups is 1. The van der Waals surface area contributed by atoms with Gasteiger partial charge in [0, 0.05) is 25.9 Å². The second-order valence-corrected chi connectivity index (χ2v) is 7.57. The number of carbonyl (C=O) groups excluding carboxylic acids is 2. The minimum Gasteiger partial charge on any atom is -0.337 e. The molecule has 1 aromatic heterocycles. The molecule has 0 aliphatic carbocycles. The number of carbonyl (C=O) groups is 2. The van der Waals surface area contributed by atoms with Gasteiger partial charge in [0.1, 0.15) is 17.2 Å². The first-order chi connectivity index (χ1) is 13.5. The third-order valence-corrected chi connectivity index (χ3v) is 5.85. The average Bonchev–Trinajstić information content (AvgIpc) is 3.21. The predicted octanol–water partition coefficient (Wildman–Crippen LogP) is 1.59. The van der Waals surface area contributed by atoms with Crippen molar-refractivity contribution in [3.05, 3.63) is 53.9 Å². The van der Waals surface area contributed by atoms with E-state index >= 15 is 0 Å². The van der Waals surface area contributed by atoms with Crippen LogP contribution in [0, 0.1) is 11.7 Å². The second kappa shape index (κ2) is 7.35. The van der Waals surface area contributed by atoms with Crippen LogP contribution in [0.15, 0.2) is 36.7 Å². The highest BCUT2D eigenvalue weighted by Crippen LogP contribution is 2.35. The SMILES string of the molecule is Cn1ccnc1CN1C(=O)NC(Cc2ccc(F)cc2)(C2CCNCC2)C1=O. The number of amides is 3. The number of nitrogens with zero attached hydrogens (tertiary/aromatic N) is 3. The molecule has 2 saturated heterocycles. The van der Waals surface area contributed by atoms with Gasteiger partial charge in [0.25, 0.3) is 5.91 Å². The van der Waals surface area contributed by atoms with Crippen LogP contribution in [0.2, 0.25) is 0 Å². The summed E-state index contributed by atoms with van der Waals surface area (Å²) in [5, 5.41) is 6.32. The predicted molar refractivity (Wildman–Crippen MR) is 101 cm³/mol. The molecule has 2 aromatic rings. The van der Waals surface area contributed by atoms with Crippen molar-refractivity contribution in [2.24, 2.45) is 13.0 Å². The number of benzene rings is 1. The van der Waals surface area contributed by atoms with E-state index in [0.29, 0.717) is 12.2 Å². The third kappa shape index (κ3) is 3.28. The molecular weight excluding hydrogens is 361 g/mol. The highest BCUT2D eigenvalue weighted by molar-refractivity contribution is 6.07. The van der Waals surface area contributed by atoms with Crippen molar-refractivity contribution in [2.45, 2.75) is 31.3 Å². The van der Waals surface area contributed by atoms with Gasteiger partial charge < -0.3 is 15.2 Å². The molecule has 2 N–H and O–H groups in total. The molecule has 3 heterocycles. The molecule has 8 heteroatoms. The monoisotopic (exact) mass is 385 g/mol. The number of aryl methyl sites for hydroxylation is 1. The summed E-state index contributed by atoms with van der Waals surface area (Å²) in [6.07, 6.45) is 5.37. The molecule has 0 saturated carbocycles. The Morgan fingerprint density at radius 3 is 2.57 bits per heavy atom. The summed E-state index contributed by atoms with van der Waals surface area (Å²) in [5.41, 5.74) is -0.185. The van der Waals surface area contributed by atoms with Crippen LogP contribution < -0.4 is 10.6 Å². The summed E-state index contributed by atoms with van der Waals surface area (Å²) in [7, 11) is 1.83. The van der Waals surface area contributed by atoms with Gasteiger partial charge in [0.05, 0.1) is 6.54 Å². The number of nitrogens with one attached hydrogen (secondary N) is 2. The first-order valence-electron chi connectivity index (χ1n) is 9.55. The molecule has 7 nitrogen and oxygen atoms in total. The molecule has 2 aliphatic rings. The molecule has 2 fully saturated rings. The zero-order valence-corrected chi connectivity index (χ0v) is 15.8. The molecule has 4 rings (SSSR count). The van der Waals surface area contributed by atoms with Crippen molar-refractivity contribution in [1.29, 1.82) is 0 Å². The van der Waals surface area contributed by atoms with Crippen LogP contribution >= 0.6 is 0 Å². The summed E-state index contributed by atoms with van der Waals surface area (Å²) in [6.45, 7) is 1.74. The van der Waals surface area contributed by atoms with Gasteiger partial charge >= 0.3 is 6.03 Å². The first-order valence-corrected chi connectivity index (χ1v) is 9.55. The van der Waals surface area contributed by atoms with Gasteiger partial charge in [-0.25, -0.2) is 14.2 Å². The normalized spacial score (nSPS) is 23.3. The lowest BCUT2D eigenvalue weighted by Crippen LogP contribution is -2.57. The van der Waals surface area contributed by atoms with Gasteiger partial charge in [-0.2, -0.15) is 0 Å². The Balaban J connectivity index is 1.66. The van der Waals surface area contributed by atoms with Crippen molar-refractivity contribution >= 4 is 11.9 Å². The summed E-state index contributed by atoms with van der Waals surface area (Å²) >= 11 is 0. The molecular formula is C20H24FN5O2. The van der Waals surface area contributed by atoms with Crippen LogP contribution in [0.5, 0.6) is 0 Å². The van der Waals surface area contributed by atoms with Crippen LogP contribution in [0.4, 0.5) is 9.18 Å². The van der Waals surface area contributed by atoms with Crippen LogP contribution in [-0.4, -0.2) is 45.0 Å². The number of imidazole rings is 1. The molecule has 0 spiro atoms. The van der Waals surface area contributed by atoms with Crippen molar-refractivity contribution in [1.82, 2.24) is 25.1 Å². The Labute approximate surface area is 162 Å². The van der Waals surface area contributed by atoms with E-state index in [2.05, 4.69) is 15.6 Å². The van der Waals surface area contributed by atoms with Crippen LogP contribution in [-0.2, 0) is 24.8 Å². The Morgan fingerprint density at radius 1 is 1.21 bits per heavy atom. The lowest BCUT2D eigenvalue weighted by atomic mass is 9.74. The topological polar surface area (TPSA) is 79.3 Å². The quantitative estimate of drug-likeness (QED) is 0.767. The number of piperidine rings is 1. The Morgan fingerprint density at radius 2 is 1.93 bits per heavy atom. The Hall–Kier alpha value is -2.74. The van der Waals surface area contributed by atoms with E-state index in [0.717, 1.165) is 31.5 Å². The minimum absolute atomic E-state index is 0.0154. The maximum Gasteiger partial charge on any atom is 0.325 e. The fraction of sp³-hybridized carbons (Fsp3) is 0.450. The van der Waals surface area contributed by atoms with E-state index in [9.17, 15) is 14.0 Å². The molecule has 1 aromatic carbocycles. The van der Waals surface area contributed by atoms with Crippen molar-refractivity contribution in [3.63, 3.8) is 0 Å². The lowest BCUT2D eigenvalue weighted by Gasteiger charge is -2.38. The molecule has 28 heavy (non-hydrogen) atoms. The summed E-state index contributed by atoms with van der Waals surface area (Å²) in [6, 6.07) is 5.74. The summed E-state index contributed by atoms with van der Waals surface area (Å²) < 4.78 is 15.1. The smallest absolute Gasteiger partial charge is 0.325 e. The molecule has 0 radical (unpaired) electrons. The van der Waals surface area contributed by atoms with Crippen LogP contribution in [0.1, 0.15) is 24.2 Å². The maximum absolute atomic E-state index is 13.6. The third-order valence-electron chi connectivity index (χ3n) is 5.85. The molecule has 0 bridgehead atoms. The van der Waals surface area contributed by atoms with Gasteiger partial charge in [0.15, 0.2) is 0 Å². The first kappa shape index (κ1) is 18.6. The molecule has 2 aliphatic heterocycles. The standard InChI is InChI=1S/C20H24FN5O2/c1-25-11-10-23-17(25)13-26-18(27)20(24-19(26)28,15-6-8-22-9-7-15)12-14-2-4-16(21)5-3-14/h2-5,10-11,15,22H,6-9,12-13H2,1H3,(H,24,28). The highest BCUT2D eigenvalue weighted by atomic mass is 19.1. The number of urea groups is 1. The second-order valence-electron chi connectivity index (χ2n) is 7.57. The van der Waals surface area contributed by atoms with Gasteiger partial charge in [-0.3, -0.25) is 9.69 Å². The fourth-order valence-corrected chi connectivity index (χ4v) is 4.26. The van der Waals surface area contributed by atoms with Gasteiger partial charge in [-0.15, -0.1) is 0 Å². The van der Waals surface area contributed by atoms with Gasteiger partial charge in [0.2, 0.25) is 0 Å². The van der Waals surface area contributed by atoms with E-state index in [1.165, 1.54) is 17.0 Å². The zero-order valence-electron chi connectivity index (χ0n) is 15.8. The molecule has 148 valence electrons. The number of aromatic nitrogens is 2. The average molecular weight is 385 g/mol. The molecule has 3 amide bonds. The number of hydrogen-bond acceptors (Lipinski definition) is 4. The zero-order chi connectivity index (χ0) is 19.7. The van der Waals surface area contributed by atoms with Gasteiger partial charge in [-0.1, -0.05) is 12.1 Å². The largest absolute Gasteiger partial charge is 0.337 e. The van der Waals surface area contributed by atoms with E-state index in [4.69, 9.17) is 0 Å². The van der Waals surface area contributed by atoms with E-state index in [-0.39, 0.29) is 24.2 Å². The van der Waals surface area contributed by atoms with Gasteiger partial charge in [-0.05, 0) is 49.5 Å². The molecule has 1 unspecified atom stereocenters. The van der Waals surface area contributed by atoms with E-state index in [1.807, 2.05) is 7.05 Å². The number of rotatable bonds is 5. The van der Waals surface area contributed by atoms with Crippen molar-refractivity contribution in [2.75, 3.05) is 13.1 Å². The maximum atomic E-state index is 13.6. The lowest BCUT2D eigenvalue weighted by molar-refractivity contribution is -0.134. The van der Waals surface area contributed by atoms with E-state index in [1.54, 1.807) is 29.1 Å². The Kier molecular flexibility index (Phi) is 4.89. The minimum atomic E-state index is -1.01. The van der Waals surface area contributed by atoms with E-state index < -0.39 is 11.6 Å². The van der Waals surface area contributed by atoms with Crippen LogP contribution in [0.3, 0.4) is 0 Å². The highest BCUT2D eigenvalue weighted by Gasteiger charge is 2.55. The Bertz CT molecular complexity index is 875. The van der Waals surface area contributed by atoms with Crippen molar-refractivity contribution in [3.8, 4) is 0 Å². The molecule has 1 atom stereocenters. The van der Waals surface area contributed by atoms with Crippen molar-refractivity contribution < 1.29 is 14.0 Å².